The average Bonchev–Trinajstić information content (AvgIpc) is 2.46. The molecule has 0 amide bonds. The van der Waals surface area contributed by atoms with E-state index in [-0.39, 0.29) is 18.2 Å². The van der Waals surface area contributed by atoms with Crippen LogP contribution >= 0.6 is 0 Å². The number of halogens is 2. The molecule has 106 valence electrons. The molecule has 0 fully saturated rings. The van der Waals surface area contributed by atoms with Crippen molar-refractivity contribution in [2.45, 2.75) is 32.9 Å². The molecule has 20 heavy (non-hydrogen) atoms. The van der Waals surface area contributed by atoms with Gasteiger partial charge in [-0.05, 0) is 36.6 Å². The summed E-state index contributed by atoms with van der Waals surface area (Å²) in [7, 11) is 0. The van der Waals surface area contributed by atoms with Crippen molar-refractivity contribution in [1.29, 1.82) is 0 Å². The molecule has 1 N–H and O–H groups in total. The lowest BCUT2D eigenvalue weighted by Gasteiger charge is -2.15. The molecular formula is C17H19F2N. The zero-order chi connectivity index (χ0) is 14.5. The Kier molecular flexibility index (Phi) is 4.85. The van der Waals surface area contributed by atoms with Crippen LogP contribution in [0.25, 0.3) is 0 Å². The Morgan fingerprint density at radius 3 is 2.15 bits per heavy atom. The summed E-state index contributed by atoms with van der Waals surface area (Å²) >= 11 is 0. The van der Waals surface area contributed by atoms with Gasteiger partial charge in [0.2, 0.25) is 0 Å². The number of benzene rings is 2. The van der Waals surface area contributed by atoms with E-state index in [9.17, 15) is 8.78 Å². The smallest absolute Gasteiger partial charge is 0.130 e. The number of nitrogens with one attached hydrogen (secondary N) is 1. The summed E-state index contributed by atoms with van der Waals surface area (Å²) in [5.41, 5.74) is 2.48. The Balaban J connectivity index is 2.02. The Morgan fingerprint density at radius 1 is 1.00 bits per heavy atom. The lowest BCUT2D eigenvalue weighted by molar-refractivity contribution is 0.509. The van der Waals surface area contributed by atoms with Gasteiger partial charge in [-0.3, -0.25) is 0 Å². The van der Waals surface area contributed by atoms with E-state index in [4.69, 9.17) is 0 Å². The molecule has 0 aliphatic carbocycles. The quantitative estimate of drug-likeness (QED) is 0.854. The van der Waals surface area contributed by atoms with Gasteiger partial charge in [-0.15, -0.1) is 0 Å². The van der Waals surface area contributed by atoms with Crippen LogP contribution in [0.3, 0.4) is 0 Å². The molecule has 1 nitrogen and oxygen atoms in total. The van der Waals surface area contributed by atoms with Crippen LogP contribution in [0, 0.1) is 11.6 Å². The molecule has 2 aromatic carbocycles. The highest BCUT2D eigenvalue weighted by atomic mass is 19.1. The second-order valence-corrected chi connectivity index (χ2v) is 4.90. The van der Waals surface area contributed by atoms with Crippen LogP contribution in [0.4, 0.5) is 8.78 Å². The Labute approximate surface area is 118 Å². The van der Waals surface area contributed by atoms with Crippen molar-refractivity contribution in [3.63, 3.8) is 0 Å². The molecule has 0 saturated heterocycles. The molecule has 0 spiro atoms. The third-order valence-corrected chi connectivity index (χ3v) is 3.53. The Morgan fingerprint density at radius 2 is 1.60 bits per heavy atom. The first-order valence-corrected chi connectivity index (χ1v) is 6.87. The van der Waals surface area contributed by atoms with Crippen molar-refractivity contribution in [3.8, 4) is 0 Å². The number of aryl methyl sites for hydroxylation is 1. The van der Waals surface area contributed by atoms with Crippen LogP contribution in [-0.4, -0.2) is 0 Å². The Hall–Kier alpha value is -1.74. The van der Waals surface area contributed by atoms with Crippen molar-refractivity contribution < 1.29 is 8.78 Å². The van der Waals surface area contributed by atoms with Gasteiger partial charge in [0.1, 0.15) is 11.6 Å². The molecule has 0 aromatic heterocycles. The van der Waals surface area contributed by atoms with Gasteiger partial charge < -0.3 is 5.32 Å². The van der Waals surface area contributed by atoms with Gasteiger partial charge in [0.25, 0.3) is 0 Å². The maximum atomic E-state index is 13.5. The second kappa shape index (κ2) is 6.62. The van der Waals surface area contributed by atoms with E-state index < -0.39 is 11.6 Å². The van der Waals surface area contributed by atoms with Crippen molar-refractivity contribution in [2.75, 3.05) is 0 Å². The number of rotatable bonds is 5. The fourth-order valence-corrected chi connectivity index (χ4v) is 2.12. The Bertz CT molecular complexity index is 543. The minimum atomic E-state index is -0.508. The van der Waals surface area contributed by atoms with E-state index in [1.807, 2.05) is 19.1 Å². The van der Waals surface area contributed by atoms with E-state index in [1.165, 1.54) is 23.8 Å². The topological polar surface area (TPSA) is 12.0 Å². The zero-order valence-electron chi connectivity index (χ0n) is 11.8. The summed E-state index contributed by atoms with van der Waals surface area (Å²) in [6, 6.07) is 12.2. The molecule has 2 rings (SSSR count). The van der Waals surface area contributed by atoms with Gasteiger partial charge in [-0.25, -0.2) is 8.78 Å². The maximum absolute atomic E-state index is 13.5. The zero-order valence-corrected chi connectivity index (χ0v) is 11.8. The average molecular weight is 275 g/mol. The fraction of sp³-hybridized carbons (Fsp3) is 0.294. The highest BCUT2D eigenvalue weighted by molar-refractivity contribution is 5.25. The molecule has 1 atom stereocenters. The first-order valence-electron chi connectivity index (χ1n) is 6.87. The van der Waals surface area contributed by atoms with Gasteiger partial charge in [0.15, 0.2) is 0 Å². The van der Waals surface area contributed by atoms with E-state index in [1.54, 1.807) is 0 Å². The standard InChI is InChI=1S/C17H19F2N/c1-3-13-7-9-14(10-8-13)12(2)20-11-15-16(18)5-4-6-17(15)19/h4-10,12,20H,3,11H2,1-2H3. The summed E-state index contributed by atoms with van der Waals surface area (Å²) in [4.78, 5) is 0. The van der Waals surface area contributed by atoms with Gasteiger partial charge in [-0.1, -0.05) is 37.3 Å². The van der Waals surface area contributed by atoms with Crippen molar-refractivity contribution in [3.05, 3.63) is 70.8 Å². The largest absolute Gasteiger partial charge is 0.306 e. The fourth-order valence-electron chi connectivity index (χ4n) is 2.12. The SMILES string of the molecule is CCc1ccc(C(C)NCc2c(F)cccc2F)cc1. The highest BCUT2D eigenvalue weighted by Gasteiger charge is 2.10. The first kappa shape index (κ1) is 14.7. The minimum absolute atomic E-state index is 0.0416. The van der Waals surface area contributed by atoms with E-state index in [0.29, 0.717) is 0 Å². The summed E-state index contributed by atoms with van der Waals surface area (Å²) < 4.78 is 27.0. The summed E-state index contributed by atoms with van der Waals surface area (Å²) in [6.07, 6.45) is 1.00. The van der Waals surface area contributed by atoms with Crippen LogP contribution in [0.2, 0.25) is 0 Å². The second-order valence-electron chi connectivity index (χ2n) is 4.90. The molecular weight excluding hydrogens is 256 g/mol. The molecule has 0 saturated carbocycles. The number of hydrogen-bond donors (Lipinski definition) is 1. The molecule has 0 bridgehead atoms. The first-order chi connectivity index (χ1) is 9.61. The number of hydrogen-bond acceptors (Lipinski definition) is 1. The van der Waals surface area contributed by atoms with Crippen LogP contribution in [-0.2, 0) is 13.0 Å². The highest BCUT2D eigenvalue weighted by Crippen LogP contribution is 2.17. The predicted molar refractivity (Wildman–Crippen MR) is 77.4 cm³/mol. The van der Waals surface area contributed by atoms with Gasteiger partial charge in [-0.2, -0.15) is 0 Å². The minimum Gasteiger partial charge on any atom is -0.306 e. The molecule has 0 aliphatic heterocycles. The molecule has 3 heteroatoms. The van der Waals surface area contributed by atoms with Crippen LogP contribution in [0.1, 0.15) is 36.6 Å². The van der Waals surface area contributed by atoms with Crippen molar-refractivity contribution in [1.82, 2.24) is 5.32 Å². The summed E-state index contributed by atoms with van der Waals surface area (Å²) in [5.74, 6) is -1.02. The summed E-state index contributed by atoms with van der Waals surface area (Å²) in [6.45, 7) is 4.27. The summed E-state index contributed by atoms with van der Waals surface area (Å²) in [5, 5.41) is 3.15. The molecule has 0 aliphatic rings. The molecule has 2 aromatic rings. The van der Waals surface area contributed by atoms with E-state index in [0.717, 1.165) is 12.0 Å². The molecule has 0 heterocycles. The maximum Gasteiger partial charge on any atom is 0.130 e. The van der Waals surface area contributed by atoms with E-state index in [2.05, 4.69) is 24.4 Å². The van der Waals surface area contributed by atoms with Gasteiger partial charge in [0.05, 0.1) is 0 Å². The molecule has 0 radical (unpaired) electrons. The molecule has 1 unspecified atom stereocenters. The lowest BCUT2D eigenvalue weighted by Crippen LogP contribution is -2.19. The monoisotopic (exact) mass is 275 g/mol. The van der Waals surface area contributed by atoms with Gasteiger partial charge in [0, 0.05) is 18.2 Å². The normalized spacial score (nSPS) is 12.4. The lowest BCUT2D eigenvalue weighted by atomic mass is 10.0. The van der Waals surface area contributed by atoms with Gasteiger partial charge >= 0.3 is 0 Å². The van der Waals surface area contributed by atoms with Crippen LogP contribution in [0.5, 0.6) is 0 Å². The van der Waals surface area contributed by atoms with Crippen molar-refractivity contribution >= 4 is 0 Å². The third kappa shape index (κ3) is 3.42. The predicted octanol–water partition coefficient (Wildman–Crippen LogP) is 4.38. The van der Waals surface area contributed by atoms with Crippen LogP contribution in [0.15, 0.2) is 42.5 Å². The van der Waals surface area contributed by atoms with Crippen molar-refractivity contribution in [2.24, 2.45) is 0 Å². The van der Waals surface area contributed by atoms with Crippen LogP contribution < -0.4 is 5.32 Å². The van der Waals surface area contributed by atoms with E-state index >= 15 is 0 Å². The third-order valence-electron chi connectivity index (χ3n) is 3.53.